The van der Waals surface area contributed by atoms with Crippen LogP contribution in [-0.4, -0.2) is 24.3 Å². The number of hydrogen-bond acceptors (Lipinski definition) is 3. The Bertz CT molecular complexity index is 748. The van der Waals surface area contributed by atoms with Crippen LogP contribution in [0.1, 0.15) is 34.3 Å². The van der Waals surface area contributed by atoms with Gasteiger partial charge in [-0.25, -0.2) is 9.18 Å². The highest BCUT2D eigenvalue weighted by molar-refractivity contribution is 6.30. The van der Waals surface area contributed by atoms with Crippen LogP contribution in [0, 0.1) is 5.82 Å². The van der Waals surface area contributed by atoms with Crippen molar-refractivity contribution >= 4 is 17.6 Å². The number of hydrogen-bond donors (Lipinski definition) is 1. The van der Waals surface area contributed by atoms with Gasteiger partial charge >= 0.3 is 5.97 Å². The molecule has 1 N–H and O–H groups in total. The largest absolute Gasteiger partial charge is 0.461 e. The van der Waals surface area contributed by atoms with Crippen molar-refractivity contribution in [3.63, 3.8) is 0 Å². The molecule has 126 valence electrons. The zero-order chi connectivity index (χ0) is 17.2. The first-order chi connectivity index (χ1) is 11.6. The summed E-state index contributed by atoms with van der Waals surface area (Å²) in [7, 11) is 0. The zero-order valence-electron chi connectivity index (χ0n) is 13.1. The van der Waals surface area contributed by atoms with Crippen LogP contribution in [0.4, 0.5) is 4.39 Å². The van der Waals surface area contributed by atoms with Crippen LogP contribution in [0.15, 0.2) is 42.5 Å². The van der Waals surface area contributed by atoms with Gasteiger partial charge in [0.2, 0.25) is 0 Å². The molecule has 0 saturated carbocycles. The molecule has 0 heterocycles. The van der Waals surface area contributed by atoms with Crippen molar-refractivity contribution in [1.82, 2.24) is 0 Å². The van der Waals surface area contributed by atoms with Crippen molar-refractivity contribution in [3.8, 4) is 0 Å². The second-order valence-electron chi connectivity index (χ2n) is 6.12. The molecule has 3 rings (SSSR count). The van der Waals surface area contributed by atoms with Gasteiger partial charge in [-0.1, -0.05) is 35.9 Å². The average molecular weight is 349 g/mol. The maximum absolute atomic E-state index is 14.3. The fraction of sp³-hybridized carbons (Fsp3) is 0.316. The first-order valence-corrected chi connectivity index (χ1v) is 8.25. The second-order valence-corrected chi connectivity index (χ2v) is 6.53. The zero-order valence-corrected chi connectivity index (χ0v) is 13.9. The number of aliphatic hydroxyl groups excluding tert-OH is 1. The van der Waals surface area contributed by atoms with Crippen molar-refractivity contribution in [2.24, 2.45) is 0 Å². The van der Waals surface area contributed by atoms with E-state index < -0.39 is 17.2 Å². The predicted molar refractivity (Wildman–Crippen MR) is 89.8 cm³/mol. The molecule has 0 radical (unpaired) electrons. The van der Waals surface area contributed by atoms with Crippen LogP contribution < -0.4 is 0 Å². The smallest absolute Gasteiger partial charge is 0.338 e. The van der Waals surface area contributed by atoms with Gasteiger partial charge in [0.15, 0.2) is 0 Å². The fourth-order valence-corrected chi connectivity index (χ4v) is 3.47. The summed E-state index contributed by atoms with van der Waals surface area (Å²) < 4.78 is 19.7. The molecular weight excluding hydrogens is 331 g/mol. The number of carbonyl (C=O) groups is 1. The van der Waals surface area contributed by atoms with E-state index in [1.165, 1.54) is 6.07 Å². The lowest BCUT2D eigenvalue weighted by molar-refractivity contribution is 0.0283. The molecule has 0 aliphatic heterocycles. The number of esters is 1. The Morgan fingerprint density at radius 1 is 1.25 bits per heavy atom. The summed E-state index contributed by atoms with van der Waals surface area (Å²) in [6.45, 7) is -0.214. The minimum absolute atomic E-state index is 0.00526. The summed E-state index contributed by atoms with van der Waals surface area (Å²) in [5.74, 6) is -0.897. The number of benzene rings is 2. The summed E-state index contributed by atoms with van der Waals surface area (Å²) in [5.41, 5.74) is 0.852. The number of aliphatic hydroxyl groups is 1. The van der Waals surface area contributed by atoms with Crippen molar-refractivity contribution in [2.75, 3.05) is 13.2 Å². The van der Waals surface area contributed by atoms with Crippen LogP contribution >= 0.6 is 11.6 Å². The van der Waals surface area contributed by atoms with Gasteiger partial charge < -0.3 is 9.84 Å². The first-order valence-electron chi connectivity index (χ1n) is 7.88. The van der Waals surface area contributed by atoms with E-state index in [1.807, 2.05) is 6.07 Å². The third kappa shape index (κ3) is 3.04. The van der Waals surface area contributed by atoms with E-state index in [-0.39, 0.29) is 18.2 Å². The van der Waals surface area contributed by atoms with Crippen LogP contribution in [0.2, 0.25) is 5.02 Å². The highest BCUT2D eigenvalue weighted by atomic mass is 35.5. The normalized spacial score (nSPS) is 19.6. The molecular formula is C19H18ClFO3. The molecule has 24 heavy (non-hydrogen) atoms. The molecule has 0 fully saturated rings. The van der Waals surface area contributed by atoms with Crippen molar-refractivity contribution < 1.29 is 19.0 Å². The highest BCUT2D eigenvalue weighted by Crippen LogP contribution is 2.40. The van der Waals surface area contributed by atoms with Crippen molar-refractivity contribution in [2.45, 2.75) is 24.7 Å². The molecule has 0 bridgehead atoms. The monoisotopic (exact) mass is 348 g/mol. The lowest BCUT2D eigenvalue weighted by Crippen LogP contribution is -2.40. The van der Waals surface area contributed by atoms with E-state index in [0.29, 0.717) is 36.0 Å². The van der Waals surface area contributed by atoms with E-state index in [4.69, 9.17) is 16.3 Å². The molecule has 2 aromatic rings. The Morgan fingerprint density at radius 3 is 2.71 bits per heavy atom. The highest BCUT2D eigenvalue weighted by Gasteiger charge is 2.39. The summed E-state index contributed by atoms with van der Waals surface area (Å²) in [6, 6.07) is 11.9. The summed E-state index contributed by atoms with van der Waals surface area (Å²) >= 11 is 5.87. The Kier molecular flexibility index (Phi) is 4.88. The lowest BCUT2D eigenvalue weighted by atomic mass is 9.71. The van der Waals surface area contributed by atoms with Gasteiger partial charge in [-0.15, -0.1) is 0 Å². The van der Waals surface area contributed by atoms with E-state index in [2.05, 4.69) is 0 Å². The van der Waals surface area contributed by atoms with Crippen LogP contribution in [0.3, 0.4) is 0 Å². The Labute approximate surface area is 145 Å². The molecule has 3 nitrogen and oxygen atoms in total. The SMILES string of the molecule is O=C(OCC1(CO)CCCc2c1ccc(Cl)c2F)c1ccccc1. The average Bonchev–Trinajstić information content (AvgIpc) is 2.63. The van der Waals surface area contributed by atoms with Gasteiger partial charge in [-0.2, -0.15) is 0 Å². The standard InChI is InChI=1S/C19H18ClFO3/c20-16-9-8-15-14(17(16)21)7-4-10-19(15,11-22)12-24-18(23)13-5-2-1-3-6-13/h1-3,5-6,8-9,22H,4,7,10-12H2. The van der Waals surface area contributed by atoms with Gasteiger partial charge in [0, 0.05) is 0 Å². The molecule has 0 spiro atoms. The van der Waals surface area contributed by atoms with Crippen LogP contribution in [0.25, 0.3) is 0 Å². The summed E-state index contributed by atoms with van der Waals surface area (Å²) in [4.78, 5) is 12.2. The number of rotatable bonds is 4. The van der Waals surface area contributed by atoms with E-state index in [0.717, 1.165) is 0 Å². The second kappa shape index (κ2) is 6.91. The molecule has 5 heteroatoms. The predicted octanol–water partition coefficient (Wildman–Crippen LogP) is 3.90. The van der Waals surface area contributed by atoms with Gasteiger partial charge in [0.1, 0.15) is 12.4 Å². The van der Waals surface area contributed by atoms with Gasteiger partial charge in [0.25, 0.3) is 0 Å². The molecule has 1 unspecified atom stereocenters. The number of fused-ring (bicyclic) bond motifs is 1. The quantitative estimate of drug-likeness (QED) is 0.852. The Balaban J connectivity index is 1.86. The number of ether oxygens (including phenoxy) is 1. The van der Waals surface area contributed by atoms with Gasteiger partial charge in [-0.3, -0.25) is 0 Å². The number of halogens is 2. The first kappa shape index (κ1) is 16.9. The lowest BCUT2D eigenvalue weighted by Gasteiger charge is -2.37. The maximum atomic E-state index is 14.3. The van der Waals surface area contributed by atoms with Gasteiger partial charge in [-0.05, 0) is 48.6 Å². The third-order valence-corrected chi connectivity index (χ3v) is 4.93. The van der Waals surface area contributed by atoms with Crippen molar-refractivity contribution in [3.05, 3.63) is 70.0 Å². The van der Waals surface area contributed by atoms with Gasteiger partial charge in [0.05, 0.1) is 22.6 Å². The molecule has 1 aliphatic carbocycles. The fourth-order valence-electron chi connectivity index (χ4n) is 3.29. The molecule has 0 aromatic heterocycles. The Morgan fingerprint density at radius 2 is 2.00 bits per heavy atom. The summed E-state index contributed by atoms with van der Waals surface area (Å²) in [5, 5.41) is 10.1. The topological polar surface area (TPSA) is 46.5 Å². The minimum Gasteiger partial charge on any atom is -0.461 e. The molecule has 1 aliphatic rings. The van der Waals surface area contributed by atoms with E-state index >= 15 is 0 Å². The molecule has 2 aromatic carbocycles. The molecule has 0 saturated heterocycles. The minimum atomic E-state index is -0.788. The molecule has 0 amide bonds. The summed E-state index contributed by atoms with van der Waals surface area (Å²) in [6.07, 6.45) is 1.89. The van der Waals surface area contributed by atoms with Crippen LogP contribution in [0.5, 0.6) is 0 Å². The van der Waals surface area contributed by atoms with Crippen LogP contribution in [-0.2, 0) is 16.6 Å². The Hall–Kier alpha value is -1.91. The number of carbonyl (C=O) groups excluding carboxylic acids is 1. The maximum Gasteiger partial charge on any atom is 0.338 e. The third-order valence-electron chi connectivity index (χ3n) is 4.64. The van der Waals surface area contributed by atoms with Crippen molar-refractivity contribution in [1.29, 1.82) is 0 Å². The molecule has 1 atom stereocenters. The van der Waals surface area contributed by atoms with E-state index in [1.54, 1.807) is 30.3 Å². The van der Waals surface area contributed by atoms with E-state index in [9.17, 15) is 14.3 Å².